The first-order valence-electron chi connectivity index (χ1n) is 6.17. The van der Waals surface area contributed by atoms with Crippen LogP contribution in [0.4, 0.5) is 0 Å². The molecule has 0 aliphatic heterocycles. The maximum absolute atomic E-state index is 9.31. The van der Waals surface area contributed by atoms with E-state index in [4.69, 9.17) is 0 Å². The highest BCUT2D eigenvalue weighted by molar-refractivity contribution is 5.94. The largest absolute Gasteiger partial charge is 0.411 e. The molecule has 0 aromatic heterocycles. The molecule has 0 spiro atoms. The van der Waals surface area contributed by atoms with Crippen molar-refractivity contribution in [2.24, 2.45) is 16.0 Å². The first kappa shape index (κ1) is 14.5. The van der Waals surface area contributed by atoms with Crippen LogP contribution in [0.2, 0.25) is 0 Å². The Kier molecular flexibility index (Phi) is 5.33. The Hall–Kier alpha value is -0.530. The SMILES string of the molecule is CCC(C)(CC)C(=NO)C(C)(CC)CC. The van der Waals surface area contributed by atoms with E-state index < -0.39 is 0 Å². The van der Waals surface area contributed by atoms with Gasteiger partial charge >= 0.3 is 0 Å². The van der Waals surface area contributed by atoms with Gasteiger partial charge in [-0.05, 0) is 25.7 Å². The fourth-order valence-corrected chi connectivity index (χ4v) is 2.14. The molecular formula is C13H27NO. The van der Waals surface area contributed by atoms with Crippen LogP contribution in [0, 0.1) is 10.8 Å². The minimum atomic E-state index is 0.0372. The molecule has 0 rings (SSSR count). The summed E-state index contributed by atoms with van der Waals surface area (Å²) in [4.78, 5) is 0. The summed E-state index contributed by atoms with van der Waals surface area (Å²) in [5.41, 5.74) is 1.05. The molecule has 0 radical (unpaired) electrons. The van der Waals surface area contributed by atoms with Gasteiger partial charge in [-0.25, -0.2) is 0 Å². The Morgan fingerprint density at radius 2 is 1.13 bits per heavy atom. The van der Waals surface area contributed by atoms with Crippen LogP contribution >= 0.6 is 0 Å². The van der Waals surface area contributed by atoms with E-state index in [-0.39, 0.29) is 10.8 Å². The van der Waals surface area contributed by atoms with Crippen molar-refractivity contribution in [2.75, 3.05) is 0 Å². The molecule has 2 nitrogen and oxygen atoms in total. The van der Waals surface area contributed by atoms with Gasteiger partial charge in [0.05, 0.1) is 5.71 Å². The van der Waals surface area contributed by atoms with E-state index in [2.05, 4.69) is 46.7 Å². The maximum atomic E-state index is 9.31. The van der Waals surface area contributed by atoms with E-state index in [0.717, 1.165) is 31.4 Å². The minimum absolute atomic E-state index is 0.0372. The van der Waals surface area contributed by atoms with Gasteiger partial charge in [0.25, 0.3) is 0 Å². The quantitative estimate of drug-likeness (QED) is 0.394. The molecule has 1 N–H and O–H groups in total. The van der Waals surface area contributed by atoms with Crippen LogP contribution in [0.5, 0.6) is 0 Å². The highest BCUT2D eigenvalue weighted by Gasteiger charge is 2.39. The Labute approximate surface area is 94.8 Å². The molecule has 15 heavy (non-hydrogen) atoms. The Morgan fingerprint density at radius 3 is 1.27 bits per heavy atom. The van der Waals surface area contributed by atoms with Gasteiger partial charge in [0.1, 0.15) is 0 Å². The van der Waals surface area contributed by atoms with Crippen molar-refractivity contribution in [2.45, 2.75) is 67.2 Å². The fraction of sp³-hybridized carbons (Fsp3) is 0.923. The lowest BCUT2D eigenvalue weighted by Crippen LogP contribution is -2.39. The summed E-state index contributed by atoms with van der Waals surface area (Å²) in [6, 6.07) is 0. The Balaban J connectivity index is 5.24. The highest BCUT2D eigenvalue weighted by Crippen LogP contribution is 2.40. The van der Waals surface area contributed by atoms with Crippen molar-refractivity contribution < 1.29 is 5.21 Å². The molecular weight excluding hydrogens is 186 g/mol. The van der Waals surface area contributed by atoms with Gasteiger partial charge in [0, 0.05) is 10.8 Å². The van der Waals surface area contributed by atoms with Gasteiger partial charge in [0.15, 0.2) is 0 Å². The van der Waals surface area contributed by atoms with Crippen molar-refractivity contribution in [1.29, 1.82) is 0 Å². The summed E-state index contributed by atoms with van der Waals surface area (Å²) >= 11 is 0. The first-order valence-corrected chi connectivity index (χ1v) is 6.17. The second-order valence-corrected chi connectivity index (χ2v) is 4.98. The number of hydrogen-bond donors (Lipinski definition) is 1. The van der Waals surface area contributed by atoms with Gasteiger partial charge < -0.3 is 5.21 Å². The van der Waals surface area contributed by atoms with Gasteiger partial charge in [-0.15, -0.1) is 0 Å². The smallest absolute Gasteiger partial charge is 0.0687 e. The lowest BCUT2D eigenvalue weighted by Gasteiger charge is -2.38. The van der Waals surface area contributed by atoms with Gasteiger partial charge in [-0.1, -0.05) is 46.7 Å². The van der Waals surface area contributed by atoms with Crippen LogP contribution in [0.1, 0.15) is 67.2 Å². The summed E-state index contributed by atoms with van der Waals surface area (Å²) in [6.45, 7) is 13.1. The predicted octanol–water partition coefficient (Wildman–Crippen LogP) is 4.47. The molecule has 0 amide bonds. The average Bonchev–Trinajstić information content (AvgIpc) is 2.29. The molecule has 0 aromatic carbocycles. The molecule has 0 bridgehead atoms. The van der Waals surface area contributed by atoms with E-state index in [9.17, 15) is 5.21 Å². The fourth-order valence-electron chi connectivity index (χ4n) is 2.14. The van der Waals surface area contributed by atoms with E-state index >= 15 is 0 Å². The number of hydrogen-bond acceptors (Lipinski definition) is 2. The summed E-state index contributed by atoms with van der Waals surface area (Å²) in [5, 5.41) is 12.9. The lowest BCUT2D eigenvalue weighted by atomic mass is 9.66. The highest BCUT2D eigenvalue weighted by atomic mass is 16.4. The molecule has 0 fully saturated rings. The molecule has 0 atom stereocenters. The van der Waals surface area contributed by atoms with E-state index in [1.165, 1.54) is 0 Å². The normalized spacial score (nSPS) is 12.7. The van der Waals surface area contributed by atoms with Crippen LogP contribution in [-0.4, -0.2) is 10.9 Å². The van der Waals surface area contributed by atoms with Gasteiger partial charge in [-0.3, -0.25) is 0 Å². The van der Waals surface area contributed by atoms with Crippen LogP contribution in [0.15, 0.2) is 5.16 Å². The molecule has 0 unspecified atom stereocenters. The number of rotatable bonds is 6. The van der Waals surface area contributed by atoms with Crippen LogP contribution in [-0.2, 0) is 0 Å². The maximum Gasteiger partial charge on any atom is 0.0687 e. The molecule has 0 aliphatic rings. The summed E-state index contributed by atoms with van der Waals surface area (Å²) in [6.07, 6.45) is 4.11. The lowest BCUT2D eigenvalue weighted by molar-refractivity contribution is 0.269. The van der Waals surface area contributed by atoms with Crippen LogP contribution in [0.25, 0.3) is 0 Å². The predicted molar refractivity (Wildman–Crippen MR) is 66.6 cm³/mol. The third-order valence-corrected chi connectivity index (χ3v) is 4.36. The molecule has 90 valence electrons. The third-order valence-electron chi connectivity index (χ3n) is 4.36. The average molecular weight is 213 g/mol. The zero-order valence-electron chi connectivity index (χ0n) is 11.2. The Bertz CT molecular complexity index is 193. The van der Waals surface area contributed by atoms with Crippen molar-refractivity contribution in [3.8, 4) is 0 Å². The van der Waals surface area contributed by atoms with Gasteiger partial charge in [-0.2, -0.15) is 0 Å². The number of oxime groups is 1. The zero-order chi connectivity index (χ0) is 12.1. The summed E-state index contributed by atoms with van der Waals surface area (Å²) < 4.78 is 0. The van der Waals surface area contributed by atoms with Crippen molar-refractivity contribution in [3.05, 3.63) is 0 Å². The molecule has 0 saturated carbocycles. The van der Waals surface area contributed by atoms with Crippen LogP contribution < -0.4 is 0 Å². The van der Waals surface area contributed by atoms with Crippen LogP contribution in [0.3, 0.4) is 0 Å². The minimum Gasteiger partial charge on any atom is -0.411 e. The number of nitrogens with zero attached hydrogens (tertiary/aromatic N) is 1. The second-order valence-electron chi connectivity index (χ2n) is 4.98. The monoisotopic (exact) mass is 213 g/mol. The van der Waals surface area contributed by atoms with E-state index in [1.807, 2.05) is 0 Å². The molecule has 0 heterocycles. The molecule has 0 aliphatic carbocycles. The molecule has 0 saturated heterocycles. The summed E-state index contributed by atoms with van der Waals surface area (Å²) in [5.74, 6) is 0. The van der Waals surface area contributed by atoms with Crippen molar-refractivity contribution in [1.82, 2.24) is 0 Å². The first-order chi connectivity index (χ1) is 6.94. The zero-order valence-corrected chi connectivity index (χ0v) is 11.2. The third kappa shape index (κ3) is 2.73. The van der Waals surface area contributed by atoms with E-state index in [0.29, 0.717) is 0 Å². The standard InChI is InChI=1S/C13H27NO/c1-7-12(5,8-2)11(14-15)13(6,9-3)10-4/h15H,7-10H2,1-6H3. The van der Waals surface area contributed by atoms with E-state index in [1.54, 1.807) is 0 Å². The Morgan fingerprint density at radius 1 is 0.867 bits per heavy atom. The topological polar surface area (TPSA) is 32.6 Å². The molecule has 0 aromatic rings. The van der Waals surface area contributed by atoms with Gasteiger partial charge in [0.2, 0.25) is 0 Å². The molecule has 2 heteroatoms. The van der Waals surface area contributed by atoms with Crippen molar-refractivity contribution >= 4 is 5.71 Å². The second kappa shape index (κ2) is 5.53. The van der Waals surface area contributed by atoms with Crippen molar-refractivity contribution in [3.63, 3.8) is 0 Å². The summed E-state index contributed by atoms with van der Waals surface area (Å²) in [7, 11) is 0.